The number of methoxy groups -OCH3 is 1. The lowest BCUT2D eigenvalue weighted by Crippen LogP contribution is -2.38. The molecular formula is C16H34N2O. The predicted molar refractivity (Wildman–Crippen MR) is 82.3 cm³/mol. The second-order valence-electron chi connectivity index (χ2n) is 7.19. The van der Waals surface area contributed by atoms with E-state index in [-0.39, 0.29) is 0 Å². The summed E-state index contributed by atoms with van der Waals surface area (Å²) in [7, 11) is 1.76. The third-order valence-electron chi connectivity index (χ3n) is 4.46. The molecule has 0 aliphatic carbocycles. The molecule has 3 nitrogen and oxygen atoms in total. The fourth-order valence-corrected chi connectivity index (χ4v) is 3.12. The number of nitrogens with zero attached hydrogens (tertiary/aromatic N) is 1. The molecule has 0 aromatic carbocycles. The van der Waals surface area contributed by atoms with E-state index in [2.05, 4.69) is 25.7 Å². The van der Waals surface area contributed by atoms with E-state index in [1.54, 1.807) is 7.11 Å². The van der Waals surface area contributed by atoms with Crippen LogP contribution in [-0.2, 0) is 4.74 Å². The highest BCUT2D eigenvalue weighted by Crippen LogP contribution is 2.34. The van der Waals surface area contributed by atoms with Crippen LogP contribution in [0.15, 0.2) is 0 Å². The quantitative estimate of drug-likeness (QED) is 0.754. The Morgan fingerprint density at radius 2 is 2.00 bits per heavy atom. The average molecular weight is 270 g/mol. The molecule has 3 heteroatoms. The first-order valence-corrected chi connectivity index (χ1v) is 7.90. The van der Waals surface area contributed by atoms with Crippen LogP contribution in [0.1, 0.15) is 52.9 Å². The molecule has 0 radical (unpaired) electrons. The van der Waals surface area contributed by atoms with E-state index >= 15 is 0 Å². The molecule has 1 saturated heterocycles. The van der Waals surface area contributed by atoms with Crippen LogP contribution >= 0.6 is 0 Å². The van der Waals surface area contributed by atoms with Gasteiger partial charge in [0.2, 0.25) is 0 Å². The molecule has 0 bridgehead atoms. The van der Waals surface area contributed by atoms with Gasteiger partial charge < -0.3 is 15.4 Å². The predicted octanol–water partition coefficient (Wildman–Crippen LogP) is 2.89. The summed E-state index contributed by atoms with van der Waals surface area (Å²) in [5, 5.41) is 0. The van der Waals surface area contributed by atoms with Gasteiger partial charge in [-0.25, -0.2) is 0 Å². The number of hydrogen-bond donors (Lipinski definition) is 1. The molecule has 1 aliphatic rings. The molecule has 2 unspecified atom stereocenters. The Morgan fingerprint density at radius 1 is 1.26 bits per heavy atom. The molecule has 2 atom stereocenters. The highest BCUT2D eigenvalue weighted by molar-refractivity contribution is 4.80. The smallest absolute Gasteiger partial charge is 0.0462 e. The first-order valence-electron chi connectivity index (χ1n) is 7.90. The van der Waals surface area contributed by atoms with E-state index in [0.717, 1.165) is 31.9 Å². The van der Waals surface area contributed by atoms with E-state index in [1.807, 2.05) is 0 Å². The van der Waals surface area contributed by atoms with E-state index in [0.29, 0.717) is 11.5 Å². The summed E-state index contributed by atoms with van der Waals surface area (Å²) in [5.74, 6) is 0.863. The summed E-state index contributed by atoms with van der Waals surface area (Å²) < 4.78 is 5.08. The number of ether oxygens (including phenoxy) is 1. The third kappa shape index (κ3) is 6.73. The van der Waals surface area contributed by atoms with Crippen LogP contribution in [0.4, 0.5) is 0 Å². The summed E-state index contributed by atoms with van der Waals surface area (Å²) in [5.41, 5.74) is 6.67. The van der Waals surface area contributed by atoms with Gasteiger partial charge in [0.15, 0.2) is 0 Å². The largest absolute Gasteiger partial charge is 0.385 e. The maximum absolute atomic E-state index is 6.22. The standard InChI is InChI=1S/C16H34N2O/c1-16(2,3)14-7-5-10-18(11-9-14)13-15(17)8-6-12-19-4/h14-15H,5-13,17H2,1-4H3. The van der Waals surface area contributed by atoms with E-state index in [4.69, 9.17) is 10.5 Å². The molecule has 0 spiro atoms. The maximum Gasteiger partial charge on any atom is 0.0462 e. The first kappa shape index (κ1) is 16.9. The fraction of sp³-hybridized carbons (Fsp3) is 1.00. The average Bonchev–Trinajstić information content (AvgIpc) is 2.54. The van der Waals surface area contributed by atoms with Crippen LogP contribution in [0.3, 0.4) is 0 Å². The van der Waals surface area contributed by atoms with Gasteiger partial charge in [0, 0.05) is 26.3 Å². The van der Waals surface area contributed by atoms with Gasteiger partial charge in [0.05, 0.1) is 0 Å². The van der Waals surface area contributed by atoms with Crippen LogP contribution in [0.25, 0.3) is 0 Å². The van der Waals surface area contributed by atoms with Crippen LogP contribution in [0.5, 0.6) is 0 Å². The monoisotopic (exact) mass is 270 g/mol. The minimum Gasteiger partial charge on any atom is -0.385 e. The molecule has 0 aromatic rings. The molecule has 1 fully saturated rings. The van der Waals surface area contributed by atoms with Gasteiger partial charge in [-0.1, -0.05) is 20.8 Å². The van der Waals surface area contributed by atoms with Crippen molar-refractivity contribution in [3.63, 3.8) is 0 Å². The SMILES string of the molecule is COCCCC(N)CN1CCCC(C(C)(C)C)CC1. The Balaban J connectivity index is 2.29. The number of nitrogens with two attached hydrogens (primary N) is 1. The lowest BCUT2D eigenvalue weighted by molar-refractivity contribution is 0.183. The van der Waals surface area contributed by atoms with Gasteiger partial charge in [0.25, 0.3) is 0 Å². The Bertz CT molecular complexity index is 237. The van der Waals surface area contributed by atoms with Crippen LogP contribution in [0, 0.1) is 11.3 Å². The zero-order valence-electron chi connectivity index (χ0n) is 13.5. The van der Waals surface area contributed by atoms with Gasteiger partial charge in [-0.2, -0.15) is 0 Å². The van der Waals surface area contributed by atoms with Gasteiger partial charge in [0.1, 0.15) is 0 Å². The molecule has 1 heterocycles. The Labute approximate surface area is 119 Å². The fourth-order valence-electron chi connectivity index (χ4n) is 3.12. The molecule has 1 rings (SSSR count). The summed E-state index contributed by atoms with van der Waals surface area (Å²) in [4.78, 5) is 2.57. The van der Waals surface area contributed by atoms with Gasteiger partial charge in [-0.05, 0) is 56.5 Å². The zero-order valence-corrected chi connectivity index (χ0v) is 13.5. The van der Waals surface area contributed by atoms with Crippen molar-refractivity contribution < 1.29 is 4.74 Å². The van der Waals surface area contributed by atoms with E-state index < -0.39 is 0 Å². The highest BCUT2D eigenvalue weighted by atomic mass is 16.5. The lowest BCUT2D eigenvalue weighted by Gasteiger charge is -2.30. The minimum absolute atomic E-state index is 0.307. The molecule has 0 amide bonds. The Morgan fingerprint density at radius 3 is 2.63 bits per heavy atom. The van der Waals surface area contributed by atoms with Crippen molar-refractivity contribution in [2.75, 3.05) is 33.4 Å². The third-order valence-corrected chi connectivity index (χ3v) is 4.46. The van der Waals surface area contributed by atoms with Crippen LogP contribution in [-0.4, -0.2) is 44.3 Å². The van der Waals surface area contributed by atoms with Gasteiger partial charge >= 0.3 is 0 Å². The summed E-state index contributed by atoms with van der Waals surface area (Å²) in [6.45, 7) is 11.5. The normalized spacial score (nSPS) is 24.2. The molecule has 0 saturated carbocycles. The van der Waals surface area contributed by atoms with Crippen molar-refractivity contribution in [3.8, 4) is 0 Å². The van der Waals surface area contributed by atoms with Gasteiger partial charge in [-0.15, -0.1) is 0 Å². The zero-order chi connectivity index (χ0) is 14.3. The van der Waals surface area contributed by atoms with E-state index in [1.165, 1.54) is 32.4 Å². The van der Waals surface area contributed by atoms with E-state index in [9.17, 15) is 0 Å². The topological polar surface area (TPSA) is 38.5 Å². The van der Waals surface area contributed by atoms with Crippen LogP contribution in [0.2, 0.25) is 0 Å². The van der Waals surface area contributed by atoms with Crippen molar-refractivity contribution in [3.05, 3.63) is 0 Å². The molecular weight excluding hydrogens is 236 g/mol. The molecule has 1 aliphatic heterocycles. The molecule has 2 N–H and O–H groups in total. The maximum atomic E-state index is 6.22. The van der Waals surface area contributed by atoms with Crippen LogP contribution < -0.4 is 5.73 Å². The highest BCUT2D eigenvalue weighted by Gasteiger charge is 2.27. The molecule has 19 heavy (non-hydrogen) atoms. The number of likely N-dealkylation sites (tertiary alicyclic amines) is 1. The Kier molecular flexibility index (Phi) is 7.33. The Hall–Kier alpha value is -0.120. The van der Waals surface area contributed by atoms with Crippen molar-refractivity contribution >= 4 is 0 Å². The summed E-state index contributed by atoms with van der Waals surface area (Å²) in [6.07, 6.45) is 6.18. The number of rotatable bonds is 6. The van der Waals surface area contributed by atoms with Crippen molar-refractivity contribution in [2.24, 2.45) is 17.1 Å². The summed E-state index contributed by atoms with van der Waals surface area (Å²) in [6, 6.07) is 0.307. The van der Waals surface area contributed by atoms with Crippen molar-refractivity contribution in [2.45, 2.75) is 58.9 Å². The molecule has 0 aromatic heterocycles. The lowest BCUT2D eigenvalue weighted by atomic mass is 9.77. The second-order valence-corrected chi connectivity index (χ2v) is 7.19. The minimum atomic E-state index is 0.307. The first-order chi connectivity index (χ1) is 8.93. The second kappa shape index (κ2) is 8.23. The van der Waals surface area contributed by atoms with Crippen molar-refractivity contribution in [1.29, 1.82) is 0 Å². The molecule has 114 valence electrons. The van der Waals surface area contributed by atoms with Gasteiger partial charge in [-0.3, -0.25) is 0 Å². The summed E-state index contributed by atoms with van der Waals surface area (Å²) >= 11 is 0. The van der Waals surface area contributed by atoms with Crippen molar-refractivity contribution in [1.82, 2.24) is 4.90 Å². The number of hydrogen-bond acceptors (Lipinski definition) is 3.